The van der Waals surface area contributed by atoms with Gasteiger partial charge >= 0.3 is 0 Å². The third kappa shape index (κ3) is 6.14. The van der Waals surface area contributed by atoms with Crippen LogP contribution >= 0.6 is 0 Å². The Kier molecular flexibility index (Phi) is 8.31. The summed E-state index contributed by atoms with van der Waals surface area (Å²) >= 11 is 0. The zero-order valence-electron chi connectivity index (χ0n) is 22.2. The number of carbonyl (C=O) groups excluding carboxylic acids is 3. The number of hydrogen-bond donors (Lipinski definition) is 1. The highest BCUT2D eigenvalue weighted by Crippen LogP contribution is 2.29. The fourth-order valence-corrected chi connectivity index (χ4v) is 4.28. The van der Waals surface area contributed by atoms with Crippen LogP contribution in [0.2, 0.25) is 0 Å². The third-order valence-electron chi connectivity index (χ3n) is 6.45. The van der Waals surface area contributed by atoms with E-state index in [4.69, 9.17) is 0 Å². The molecular weight excluding hydrogens is 478 g/mol. The van der Waals surface area contributed by atoms with E-state index in [9.17, 15) is 14.4 Å². The Balaban J connectivity index is 1.77. The normalized spacial score (nSPS) is 11.9. The highest BCUT2D eigenvalue weighted by atomic mass is 16.2. The van der Waals surface area contributed by atoms with Crippen LogP contribution < -0.4 is 10.2 Å². The van der Waals surface area contributed by atoms with Crippen LogP contribution in [-0.4, -0.2) is 39.1 Å². The third-order valence-corrected chi connectivity index (χ3v) is 6.45. The van der Waals surface area contributed by atoms with Crippen LogP contribution in [-0.2, 0) is 16.1 Å². The van der Waals surface area contributed by atoms with Gasteiger partial charge in [0.25, 0.3) is 0 Å². The Labute approximate surface area is 222 Å². The highest BCUT2D eigenvalue weighted by molar-refractivity contribution is 6.02. The van der Waals surface area contributed by atoms with Gasteiger partial charge in [-0.1, -0.05) is 61.0 Å². The SMILES string of the molecule is CC(=O)c1ccc(N(C(=O)Cn2nnc3ccccc32)[C@@H](C(=O)NCCC(C)C)c2ccc(C)cc2)cc1. The van der Waals surface area contributed by atoms with Gasteiger partial charge in [-0.15, -0.1) is 5.10 Å². The summed E-state index contributed by atoms with van der Waals surface area (Å²) in [6.07, 6.45) is 0.818. The molecule has 0 aliphatic carbocycles. The van der Waals surface area contributed by atoms with Crippen molar-refractivity contribution in [1.82, 2.24) is 20.3 Å². The summed E-state index contributed by atoms with van der Waals surface area (Å²) in [7, 11) is 0. The van der Waals surface area contributed by atoms with Gasteiger partial charge in [0.2, 0.25) is 11.8 Å². The highest BCUT2D eigenvalue weighted by Gasteiger charge is 2.33. The van der Waals surface area contributed by atoms with E-state index in [1.807, 2.05) is 55.5 Å². The molecule has 0 aliphatic rings. The molecule has 0 saturated heterocycles. The molecule has 4 aromatic rings. The van der Waals surface area contributed by atoms with Crippen LogP contribution in [0.3, 0.4) is 0 Å². The number of carbonyl (C=O) groups is 3. The number of rotatable bonds is 10. The first-order chi connectivity index (χ1) is 18.2. The van der Waals surface area contributed by atoms with Crippen LogP contribution in [0.1, 0.15) is 54.7 Å². The first-order valence-corrected chi connectivity index (χ1v) is 12.8. The van der Waals surface area contributed by atoms with Gasteiger partial charge in [-0.2, -0.15) is 0 Å². The Bertz CT molecular complexity index is 1420. The second kappa shape index (κ2) is 11.8. The number of nitrogens with one attached hydrogen (secondary N) is 1. The number of benzene rings is 3. The molecule has 0 radical (unpaired) electrons. The number of nitrogens with zero attached hydrogens (tertiary/aromatic N) is 4. The topological polar surface area (TPSA) is 97.2 Å². The van der Waals surface area contributed by atoms with Crippen LogP contribution in [0, 0.1) is 12.8 Å². The monoisotopic (exact) mass is 511 g/mol. The molecule has 0 bridgehead atoms. The number of hydrogen-bond acceptors (Lipinski definition) is 5. The van der Waals surface area contributed by atoms with E-state index in [0.29, 0.717) is 34.8 Å². The number of anilines is 1. The maximum atomic E-state index is 14.0. The molecule has 0 fully saturated rings. The van der Waals surface area contributed by atoms with Gasteiger partial charge < -0.3 is 5.32 Å². The van der Waals surface area contributed by atoms with Crippen molar-refractivity contribution >= 4 is 34.3 Å². The number of para-hydroxylation sites is 1. The Hall–Kier alpha value is -4.33. The molecule has 196 valence electrons. The Morgan fingerprint density at radius 2 is 1.63 bits per heavy atom. The minimum atomic E-state index is -0.923. The summed E-state index contributed by atoms with van der Waals surface area (Å²) in [6, 6.07) is 20.8. The van der Waals surface area contributed by atoms with Crippen molar-refractivity contribution in [2.45, 2.75) is 46.7 Å². The molecule has 4 rings (SSSR count). The van der Waals surface area contributed by atoms with Crippen LogP contribution in [0.25, 0.3) is 11.0 Å². The second-order valence-corrected chi connectivity index (χ2v) is 9.89. The van der Waals surface area contributed by atoms with Crippen molar-refractivity contribution in [3.8, 4) is 0 Å². The largest absolute Gasteiger partial charge is 0.354 e. The van der Waals surface area contributed by atoms with Crippen molar-refractivity contribution in [3.63, 3.8) is 0 Å². The maximum Gasteiger partial charge on any atom is 0.249 e. The quantitative estimate of drug-likeness (QED) is 0.306. The summed E-state index contributed by atoms with van der Waals surface area (Å²) in [5.74, 6) is -0.265. The first kappa shape index (κ1) is 26.7. The average Bonchev–Trinajstić information content (AvgIpc) is 3.30. The van der Waals surface area contributed by atoms with Gasteiger partial charge in [-0.05, 0) is 68.1 Å². The lowest BCUT2D eigenvalue weighted by molar-refractivity contribution is -0.127. The number of fused-ring (bicyclic) bond motifs is 1. The number of aromatic nitrogens is 3. The van der Waals surface area contributed by atoms with Gasteiger partial charge in [-0.3, -0.25) is 19.3 Å². The molecule has 8 nitrogen and oxygen atoms in total. The van der Waals surface area contributed by atoms with E-state index < -0.39 is 6.04 Å². The van der Waals surface area contributed by atoms with Gasteiger partial charge in [0.1, 0.15) is 18.1 Å². The molecule has 1 aromatic heterocycles. The molecular formula is C30H33N5O3. The molecule has 2 amide bonds. The summed E-state index contributed by atoms with van der Waals surface area (Å²) in [5, 5.41) is 11.4. The molecule has 1 atom stereocenters. The smallest absolute Gasteiger partial charge is 0.249 e. The number of ketones is 1. The first-order valence-electron chi connectivity index (χ1n) is 12.8. The van der Waals surface area contributed by atoms with Crippen molar-refractivity contribution in [2.75, 3.05) is 11.4 Å². The van der Waals surface area contributed by atoms with Crippen molar-refractivity contribution in [1.29, 1.82) is 0 Å². The minimum absolute atomic E-state index is 0.0787. The van der Waals surface area contributed by atoms with Crippen LogP contribution in [0.15, 0.2) is 72.8 Å². The maximum absolute atomic E-state index is 14.0. The number of amides is 2. The fourth-order valence-electron chi connectivity index (χ4n) is 4.28. The predicted molar refractivity (Wildman–Crippen MR) is 148 cm³/mol. The lowest BCUT2D eigenvalue weighted by Gasteiger charge is -2.32. The molecule has 1 N–H and O–H groups in total. The van der Waals surface area contributed by atoms with E-state index >= 15 is 0 Å². The average molecular weight is 512 g/mol. The second-order valence-electron chi connectivity index (χ2n) is 9.89. The molecule has 8 heteroatoms. The van der Waals surface area contributed by atoms with Crippen LogP contribution in [0.5, 0.6) is 0 Å². The van der Waals surface area contributed by atoms with Crippen molar-refractivity contribution in [3.05, 3.63) is 89.5 Å². The number of Topliss-reactive ketones (excluding diaryl/α,β-unsaturated/α-hetero) is 1. The van der Waals surface area contributed by atoms with E-state index in [2.05, 4.69) is 29.5 Å². The van der Waals surface area contributed by atoms with Gasteiger partial charge in [0.05, 0.1) is 5.52 Å². The van der Waals surface area contributed by atoms with Gasteiger partial charge in [0, 0.05) is 17.8 Å². The summed E-state index contributed by atoms with van der Waals surface area (Å²) in [6.45, 7) is 8.04. The molecule has 0 unspecified atom stereocenters. The van der Waals surface area contributed by atoms with E-state index in [-0.39, 0.29) is 24.1 Å². The molecule has 38 heavy (non-hydrogen) atoms. The van der Waals surface area contributed by atoms with Crippen LogP contribution in [0.4, 0.5) is 5.69 Å². The van der Waals surface area contributed by atoms with E-state index in [1.165, 1.54) is 16.5 Å². The summed E-state index contributed by atoms with van der Waals surface area (Å²) in [5.41, 5.74) is 4.17. The standard InChI is InChI=1S/C30H33N5O3/c1-20(2)17-18-31-30(38)29(24-11-9-21(3)10-12-24)35(25-15-13-23(14-16-25)22(4)36)28(37)19-34-27-8-6-5-7-26(27)32-33-34/h5-16,20,29H,17-19H2,1-4H3,(H,31,38)/t29-/m1/s1. The zero-order chi connectivity index (χ0) is 27.2. The van der Waals surface area contributed by atoms with Crippen molar-refractivity contribution < 1.29 is 14.4 Å². The zero-order valence-corrected chi connectivity index (χ0v) is 22.2. The molecule has 0 spiro atoms. The van der Waals surface area contributed by atoms with Gasteiger partial charge in [-0.25, -0.2) is 4.68 Å². The molecule has 1 heterocycles. The predicted octanol–water partition coefficient (Wildman–Crippen LogP) is 4.88. The molecule has 0 aliphatic heterocycles. The van der Waals surface area contributed by atoms with E-state index in [1.54, 1.807) is 24.3 Å². The van der Waals surface area contributed by atoms with E-state index in [0.717, 1.165) is 17.5 Å². The Morgan fingerprint density at radius 3 is 2.29 bits per heavy atom. The minimum Gasteiger partial charge on any atom is -0.354 e. The van der Waals surface area contributed by atoms with Gasteiger partial charge in [0.15, 0.2) is 5.78 Å². The Morgan fingerprint density at radius 1 is 0.947 bits per heavy atom. The summed E-state index contributed by atoms with van der Waals surface area (Å²) in [4.78, 5) is 41.2. The molecule has 3 aromatic carbocycles. The summed E-state index contributed by atoms with van der Waals surface area (Å²) < 4.78 is 1.54. The fraction of sp³-hybridized carbons (Fsp3) is 0.300. The lowest BCUT2D eigenvalue weighted by atomic mass is 10.0. The van der Waals surface area contributed by atoms with Crippen molar-refractivity contribution in [2.24, 2.45) is 5.92 Å². The molecule has 0 saturated carbocycles. The number of aryl methyl sites for hydroxylation is 1. The lowest BCUT2D eigenvalue weighted by Crippen LogP contribution is -2.45.